The Morgan fingerprint density at radius 1 is 1.33 bits per heavy atom. The third-order valence-electron chi connectivity index (χ3n) is 4.13. The molecular weight excluding hydrogens is 268 g/mol. The summed E-state index contributed by atoms with van der Waals surface area (Å²) in [7, 11) is 1.80. The van der Waals surface area contributed by atoms with Crippen LogP contribution in [0.15, 0.2) is 30.3 Å². The summed E-state index contributed by atoms with van der Waals surface area (Å²) in [6, 6.07) is 9.87. The zero-order chi connectivity index (χ0) is 15.4. The van der Waals surface area contributed by atoms with E-state index in [0.717, 1.165) is 5.56 Å². The molecular formula is C16H22N2O3. The van der Waals surface area contributed by atoms with Crippen LogP contribution in [0, 0.1) is 11.8 Å². The normalized spacial score (nSPS) is 17.0. The number of nitrogens with zero attached hydrogens (tertiary/aromatic N) is 2. The Labute approximate surface area is 125 Å². The standard InChI is InChI=1S/C16H22N2O3/c1-12(16(20)21)14-9-18(10-14)11-15(19)17(2)8-13-6-4-3-5-7-13/h3-7,12,14H,8-11H2,1-2H3,(H,20,21). The largest absolute Gasteiger partial charge is 0.481 e. The van der Waals surface area contributed by atoms with Gasteiger partial charge in [-0.15, -0.1) is 0 Å². The third-order valence-corrected chi connectivity index (χ3v) is 4.13. The van der Waals surface area contributed by atoms with Crippen LogP contribution in [0.2, 0.25) is 0 Å². The molecule has 0 saturated carbocycles. The second kappa shape index (κ2) is 6.72. The van der Waals surface area contributed by atoms with Gasteiger partial charge in [-0.1, -0.05) is 37.3 Å². The van der Waals surface area contributed by atoms with E-state index in [1.165, 1.54) is 0 Å². The Hall–Kier alpha value is -1.88. The van der Waals surface area contributed by atoms with Crippen molar-refractivity contribution in [2.75, 3.05) is 26.7 Å². The summed E-state index contributed by atoms with van der Waals surface area (Å²) in [6.45, 7) is 4.08. The lowest BCUT2D eigenvalue weighted by Crippen LogP contribution is -2.53. The van der Waals surface area contributed by atoms with Crippen LogP contribution in [0.25, 0.3) is 0 Å². The van der Waals surface area contributed by atoms with Crippen molar-refractivity contribution in [2.45, 2.75) is 13.5 Å². The molecule has 5 heteroatoms. The molecule has 114 valence electrons. The first-order chi connectivity index (χ1) is 9.97. The molecule has 1 aliphatic heterocycles. The Kier molecular flexibility index (Phi) is 4.96. The van der Waals surface area contributed by atoms with E-state index < -0.39 is 5.97 Å². The molecule has 1 aromatic rings. The van der Waals surface area contributed by atoms with E-state index >= 15 is 0 Å². The van der Waals surface area contributed by atoms with Crippen molar-refractivity contribution in [3.05, 3.63) is 35.9 Å². The van der Waals surface area contributed by atoms with Crippen molar-refractivity contribution in [1.82, 2.24) is 9.80 Å². The van der Waals surface area contributed by atoms with E-state index in [0.29, 0.717) is 26.2 Å². The maximum Gasteiger partial charge on any atom is 0.306 e. The number of benzene rings is 1. The number of likely N-dealkylation sites (tertiary alicyclic amines) is 1. The van der Waals surface area contributed by atoms with Gasteiger partial charge in [0.2, 0.25) is 5.91 Å². The second-order valence-electron chi connectivity index (χ2n) is 5.82. The molecule has 1 aliphatic rings. The number of carboxylic acids is 1. The van der Waals surface area contributed by atoms with Gasteiger partial charge in [0.15, 0.2) is 0 Å². The molecule has 0 bridgehead atoms. The Bertz CT molecular complexity index is 498. The minimum Gasteiger partial charge on any atom is -0.481 e. The fraction of sp³-hybridized carbons (Fsp3) is 0.500. The van der Waals surface area contributed by atoms with E-state index in [1.54, 1.807) is 18.9 Å². The third kappa shape index (κ3) is 4.04. The van der Waals surface area contributed by atoms with Gasteiger partial charge in [0.1, 0.15) is 0 Å². The molecule has 1 aromatic carbocycles. The molecule has 1 fully saturated rings. The molecule has 0 aromatic heterocycles. The van der Waals surface area contributed by atoms with Crippen molar-refractivity contribution in [3.63, 3.8) is 0 Å². The van der Waals surface area contributed by atoms with Crippen LogP contribution < -0.4 is 0 Å². The van der Waals surface area contributed by atoms with Gasteiger partial charge in [0, 0.05) is 26.7 Å². The number of carbonyl (C=O) groups is 2. The van der Waals surface area contributed by atoms with Gasteiger partial charge < -0.3 is 10.0 Å². The number of rotatable bonds is 6. The number of carboxylic acid groups (broad SMARTS) is 1. The SMILES string of the molecule is CC(C(=O)O)C1CN(CC(=O)N(C)Cc2ccccc2)C1. The molecule has 2 rings (SSSR count). The molecule has 1 heterocycles. The molecule has 21 heavy (non-hydrogen) atoms. The summed E-state index contributed by atoms with van der Waals surface area (Å²) in [5.74, 6) is -0.861. The van der Waals surface area contributed by atoms with Gasteiger partial charge in [-0.3, -0.25) is 14.5 Å². The van der Waals surface area contributed by atoms with Crippen molar-refractivity contribution in [2.24, 2.45) is 11.8 Å². The van der Waals surface area contributed by atoms with E-state index in [9.17, 15) is 9.59 Å². The fourth-order valence-electron chi connectivity index (χ4n) is 2.51. The number of hydrogen-bond donors (Lipinski definition) is 1. The quantitative estimate of drug-likeness (QED) is 0.858. The van der Waals surface area contributed by atoms with E-state index in [4.69, 9.17) is 5.11 Å². The molecule has 1 amide bonds. The molecule has 0 radical (unpaired) electrons. The van der Waals surface area contributed by atoms with Crippen LogP contribution in [0.3, 0.4) is 0 Å². The molecule has 0 spiro atoms. The van der Waals surface area contributed by atoms with Crippen LogP contribution in [0.4, 0.5) is 0 Å². The van der Waals surface area contributed by atoms with E-state index in [-0.39, 0.29) is 17.7 Å². The maximum absolute atomic E-state index is 12.1. The van der Waals surface area contributed by atoms with Gasteiger partial charge in [0.25, 0.3) is 0 Å². The number of aliphatic carboxylic acids is 1. The minimum absolute atomic E-state index is 0.0697. The first-order valence-corrected chi connectivity index (χ1v) is 7.20. The molecule has 1 saturated heterocycles. The van der Waals surface area contributed by atoms with Crippen LogP contribution in [-0.2, 0) is 16.1 Å². The average Bonchev–Trinajstić information content (AvgIpc) is 2.42. The predicted octanol–water partition coefficient (Wildman–Crippen LogP) is 1.30. The van der Waals surface area contributed by atoms with Crippen molar-refractivity contribution >= 4 is 11.9 Å². The Morgan fingerprint density at radius 2 is 1.95 bits per heavy atom. The average molecular weight is 290 g/mol. The first kappa shape index (κ1) is 15.5. The van der Waals surface area contributed by atoms with Gasteiger partial charge >= 0.3 is 5.97 Å². The maximum atomic E-state index is 12.1. The summed E-state index contributed by atoms with van der Waals surface area (Å²) in [5.41, 5.74) is 1.11. The summed E-state index contributed by atoms with van der Waals surface area (Å²) in [6.07, 6.45) is 0. The summed E-state index contributed by atoms with van der Waals surface area (Å²) < 4.78 is 0. The predicted molar refractivity (Wildman–Crippen MR) is 79.6 cm³/mol. The number of likely N-dealkylation sites (N-methyl/N-ethyl adjacent to an activating group) is 1. The molecule has 5 nitrogen and oxygen atoms in total. The second-order valence-corrected chi connectivity index (χ2v) is 5.82. The molecule has 0 aliphatic carbocycles. The topological polar surface area (TPSA) is 60.9 Å². The lowest BCUT2D eigenvalue weighted by Gasteiger charge is -2.41. The molecule has 1 unspecified atom stereocenters. The van der Waals surface area contributed by atoms with Crippen LogP contribution in [0.5, 0.6) is 0 Å². The highest BCUT2D eigenvalue weighted by Gasteiger charge is 2.35. The van der Waals surface area contributed by atoms with Crippen molar-refractivity contribution in [1.29, 1.82) is 0 Å². The first-order valence-electron chi connectivity index (χ1n) is 7.20. The van der Waals surface area contributed by atoms with Crippen molar-refractivity contribution in [3.8, 4) is 0 Å². The minimum atomic E-state index is -0.757. The number of hydrogen-bond acceptors (Lipinski definition) is 3. The summed E-state index contributed by atoms with van der Waals surface area (Å²) >= 11 is 0. The molecule has 1 N–H and O–H groups in total. The zero-order valence-corrected chi connectivity index (χ0v) is 12.5. The summed E-state index contributed by atoms with van der Waals surface area (Å²) in [5, 5.41) is 8.94. The van der Waals surface area contributed by atoms with Gasteiger partial charge in [-0.25, -0.2) is 0 Å². The Balaban J connectivity index is 1.74. The van der Waals surface area contributed by atoms with Crippen LogP contribution >= 0.6 is 0 Å². The fourth-order valence-corrected chi connectivity index (χ4v) is 2.51. The van der Waals surface area contributed by atoms with Crippen molar-refractivity contribution < 1.29 is 14.7 Å². The zero-order valence-electron chi connectivity index (χ0n) is 12.5. The lowest BCUT2D eigenvalue weighted by molar-refractivity contribution is -0.146. The lowest BCUT2D eigenvalue weighted by atomic mass is 9.87. The highest BCUT2D eigenvalue weighted by atomic mass is 16.4. The monoisotopic (exact) mass is 290 g/mol. The van der Waals surface area contributed by atoms with E-state index in [2.05, 4.69) is 0 Å². The Morgan fingerprint density at radius 3 is 2.52 bits per heavy atom. The molecule has 1 atom stereocenters. The smallest absolute Gasteiger partial charge is 0.306 e. The number of amides is 1. The highest BCUT2D eigenvalue weighted by Crippen LogP contribution is 2.23. The van der Waals surface area contributed by atoms with Gasteiger partial charge in [-0.05, 0) is 11.5 Å². The summed E-state index contributed by atoms with van der Waals surface area (Å²) in [4.78, 5) is 26.7. The van der Waals surface area contributed by atoms with Crippen LogP contribution in [-0.4, -0.2) is 53.5 Å². The van der Waals surface area contributed by atoms with E-state index in [1.807, 2.05) is 35.2 Å². The van der Waals surface area contributed by atoms with Gasteiger partial charge in [0.05, 0.1) is 12.5 Å². The van der Waals surface area contributed by atoms with Crippen LogP contribution in [0.1, 0.15) is 12.5 Å². The number of carbonyl (C=O) groups excluding carboxylic acids is 1. The highest BCUT2D eigenvalue weighted by molar-refractivity contribution is 5.78. The van der Waals surface area contributed by atoms with Gasteiger partial charge in [-0.2, -0.15) is 0 Å².